The molecule has 0 saturated carbocycles. The molecule has 0 unspecified atom stereocenters. The normalized spacial score (nSPS) is 11.4. The zero-order chi connectivity index (χ0) is 19.1. The first-order valence-electron chi connectivity index (χ1n) is 8.54. The van der Waals surface area contributed by atoms with Gasteiger partial charge in [-0.25, -0.2) is 9.37 Å². The molecule has 2 N–H and O–H groups in total. The third kappa shape index (κ3) is 5.08. The van der Waals surface area contributed by atoms with Crippen LogP contribution >= 0.6 is 11.6 Å². The largest absolute Gasteiger partial charge is 0.444 e. The van der Waals surface area contributed by atoms with E-state index in [1.807, 2.05) is 30.3 Å². The van der Waals surface area contributed by atoms with Gasteiger partial charge in [0.2, 0.25) is 5.89 Å². The molecule has 0 radical (unpaired) electrons. The van der Waals surface area contributed by atoms with Gasteiger partial charge in [-0.3, -0.25) is 4.99 Å². The summed E-state index contributed by atoms with van der Waals surface area (Å²) in [7, 11) is 1.67. The van der Waals surface area contributed by atoms with Crippen molar-refractivity contribution in [1.82, 2.24) is 15.6 Å². The van der Waals surface area contributed by atoms with Gasteiger partial charge in [-0.2, -0.15) is 0 Å². The Bertz CT molecular complexity index is 891. The zero-order valence-electron chi connectivity index (χ0n) is 14.9. The molecule has 140 valence electrons. The second-order valence-electron chi connectivity index (χ2n) is 5.81. The highest BCUT2D eigenvalue weighted by Crippen LogP contribution is 2.19. The molecule has 5 nitrogen and oxygen atoms in total. The van der Waals surface area contributed by atoms with Gasteiger partial charge in [0.05, 0.1) is 12.2 Å². The second kappa shape index (κ2) is 9.19. The minimum atomic E-state index is -0.303. The lowest BCUT2D eigenvalue weighted by Crippen LogP contribution is -2.38. The Balaban J connectivity index is 1.50. The summed E-state index contributed by atoms with van der Waals surface area (Å²) in [6.45, 7) is 0.949. The molecule has 27 heavy (non-hydrogen) atoms. The highest BCUT2D eigenvalue weighted by molar-refractivity contribution is 6.31. The number of hydrogen-bond acceptors (Lipinski definition) is 3. The topological polar surface area (TPSA) is 62.5 Å². The number of hydrogen-bond donors (Lipinski definition) is 2. The summed E-state index contributed by atoms with van der Waals surface area (Å²) in [6.07, 6.45) is 2.07. The van der Waals surface area contributed by atoms with Gasteiger partial charge < -0.3 is 15.1 Å². The SMILES string of the molecule is CN=C(NCCc1c(F)cccc1Cl)NCc1coc(-c2ccccc2)n1. The van der Waals surface area contributed by atoms with Crippen LogP contribution in [0.1, 0.15) is 11.3 Å². The Kier molecular flexibility index (Phi) is 6.44. The van der Waals surface area contributed by atoms with E-state index >= 15 is 0 Å². The molecular formula is C20H20ClFN4O. The van der Waals surface area contributed by atoms with Crippen LogP contribution in [-0.2, 0) is 13.0 Å². The molecular weight excluding hydrogens is 367 g/mol. The van der Waals surface area contributed by atoms with E-state index in [1.54, 1.807) is 25.4 Å². The summed E-state index contributed by atoms with van der Waals surface area (Å²) >= 11 is 6.04. The van der Waals surface area contributed by atoms with Gasteiger partial charge in [-0.05, 0) is 30.7 Å². The molecule has 0 aliphatic heterocycles. The average molecular weight is 387 g/mol. The van der Waals surface area contributed by atoms with Crippen molar-refractivity contribution in [3.8, 4) is 11.5 Å². The fourth-order valence-corrected chi connectivity index (χ4v) is 2.83. The number of aromatic nitrogens is 1. The molecule has 1 heterocycles. The predicted molar refractivity (Wildman–Crippen MR) is 105 cm³/mol. The maximum absolute atomic E-state index is 13.8. The molecule has 1 aromatic heterocycles. The first-order valence-corrected chi connectivity index (χ1v) is 8.92. The number of aliphatic imine (C=N–C) groups is 1. The number of rotatable bonds is 6. The van der Waals surface area contributed by atoms with Crippen LogP contribution in [0.5, 0.6) is 0 Å². The highest BCUT2D eigenvalue weighted by Gasteiger charge is 2.09. The molecule has 0 aliphatic rings. The number of nitrogens with zero attached hydrogens (tertiary/aromatic N) is 2. The average Bonchev–Trinajstić information content (AvgIpc) is 3.16. The molecule has 0 spiro atoms. The fourth-order valence-electron chi connectivity index (χ4n) is 2.57. The summed E-state index contributed by atoms with van der Waals surface area (Å²) in [4.78, 5) is 8.61. The Morgan fingerprint density at radius 1 is 1.15 bits per heavy atom. The van der Waals surface area contributed by atoms with Crippen molar-refractivity contribution >= 4 is 17.6 Å². The van der Waals surface area contributed by atoms with Crippen LogP contribution in [0.25, 0.3) is 11.5 Å². The third-order valence-corrected chi connectivity index (χ3v) is 4.32. The van der Waals surface area contributed by atoms with Crippen molar-refractivity contribution in [2.75, 3.05) is 13.6 Å². The Labute approximate surface area is 162 Å². The van der Waals surface area contributed by atoms with E-state index in [4.69, 9.17) is 16.0 Å². The van der Waals surface area contributed by atoms with Crippen molar-refractivity contribution in [3.63, 3.8) is 0 Å². The second-order valence-corrected chi connectivity index (χ2v) is 6.22. The van der Waals surface area contributed by atoms with Gasteiger partial charge in [-0.15, -0.1) is 0 Å². The zero-order valence-corrected chi connectivity index (χ0v) is 15.6. The highest BCUT2D eigenvalue weighted by atomic mass is 35.5. The quantitative estimate of drug-likeness (QED) is 0.495. The van der Waals surface area contributed by atoms with Gasteiger partial charge in [0, 0.05) is 29.7 Å². The standard InChI is InChI=1S/C20H20ClFN4O/c1-23-20(24-11-10-16-17(21)8-5-9-18(16)22)25-12-15-13-27-19(26-15)14-6-3-2-4-7-14/h2-9,13H,10-12H2,1H3,(H2,23,24,25). The summed E-state index contributed by atoms with van der Waals surface area (Å²) in [5, 5.41) is 6.72. The number of benzene rings is 2. The van der Waals surface area contributed by atoms with Crippen LogP contribution in [0.4, 0.5) is 4.39 Å². The molecule has 3 rings (SSSR count). The number of guanidine groups is 1. The molecule has 3 aromatic rings. The first-order chi connectivity index (χ1) is 13.2. The maximum Gasteiger partial charge on any atom is 0.226 e. The van der Waals surface area contributed by atoms with Gasteiger partial charge >= 0.3 is 0 Å². The Morgan fingerprint density at radius 2 is 1.96 bits per heavy atom. The van der Waals surface area contributed by atoms with Gasteiger partial charge in [0.1, 0.15) is 12.1 Å². The molecule has 0 bridgehead atoms. The summed E-state index contributed by atoms with van der Waals surface area (Å²) < 4.78 is 19.3. The van der Waals surface area contributed by atoms with Crippen LogP contribution < -0.4 is 10.6 Å². The van der Waals surface area contributed by atoms with Crippen LogP contribution in [0.2, 0.25) is 5.02 Å². The van der Waals surface area contributed by atoms with Crippen molar-refractivity contribution < 1.29 is 8.81 Å². The molecule has 2 aromatic carbocycles. The molecule has 0 aliphatic carbocycles. The lowest BCUT2D eigenvalue weighted by Gasteiger charge is -2.11. The maximum atomic E-state index is 13.8. The molecule has 0 amide bonds. The molecule has 0 atom stereocenters. The Hall–Kier alpha value is -2.86. The molecule has 0 fully saturated rings. The third-order valence-electron chi connectivity index (χ3n) is 3.96. The van der Waals surface area contributed by atoms with Crippen LogP contribution in [-0.4, -0.2) is 24.5 Å². The van der Waals surface area contributed by atoms with E-state index in [1.165, 1.54) is 6.07 Å². The van der Waals surface area contributed by atoms with Crippen molar-refractivity contribution in [1.29, 1.82) is 0 Å². The van der Waals surface area contributed by atoms with Gasteiger partial charge in [0.25, 0.3) is 0 Å². The monoisotopic (exact) mass is 386 g/mol. The number of nitrogens with one attached hydrogen (secondary N) is 2. The van der Waals surface area contributed by atoms with Crippen LogP contribution in [0.15, 0.2) is 64.2 Å². The lowest BCUT2D eigenvalue weighted by molar-refractivity contribution is 0.572. The van der Waals surface area contributed by atoms with E-state index in [9.17, 15) is 4.39 Å². The number of halogens is 2. The minimum absolute atomic E-state index is 0.303. The smallest absolute Gasteiger partial charge is 0.226 e. The van der Waals surface area contributed by atoms with Gasteiger partial charge in [0.15, 0.2) is 5.96 Å². The molecule has 0 saturated heterocycles. The molecule has 7 heteroatoms. The summed E-state index contributed by atoms with van der Waals surface area (Å²) in [5.41, 5.74) is 2.17. The predicted octanol–water partition coefficient (Wildman–Crippen LogP) is 4.04. The summed E-state index contributed by atoms with van der Waals surface area (Å²) in [5.74, 6) is 0.861. The number of oxazole rings is 1. The van der Waals surface area contributed by atoms with Crippen LogP contribution in [0, 0.1) is 5.82 Å². The van der Waals surface area contributed by atoms with E-state index in [0.29, 0.717) is 41.9 Å². The van der Waals surface area contributed by atoms with E-state index in [-0.39, 0.29) is 5.82 Å². The lowest BCUT2D eigenvalue weighted by atomic mass is 10.1. The van der Waals surface area contributed by atoms with Crippen molar-refractivity contribution in [2.45, 2.75) is 13.0 Å². The van der Waals surface area contributed by atoms with Crippen molar-refractivity contribution in [2.24, 2.45) is 4.99 Å². The summed E-state index contributed by atoms with van der Waals surface area (Å²) in [6, 6.07) is 14.4. The van der Waals surface area contributed by atoms with Crippen LogP contribution in [0.3, 0.4) is 0 Å². The van der Waals surface area contributed by atoms with E-state index in [0.717, 1.165) is 11.3 Å². The first kappa shape index (κ1) is 18.9. The van der Waals surface area contributed by atoms with Gasteiger partial charge in [-0.1, -0.05) is 35.9 Å². The van der Waals surface area contributed by atoms with E-state index < -0.39 is 0 Å². The van der Waals surface area contributed by atoms with Crippen molar-refractivity contribution in [3.05, 3.63) is 76.9 Å². The minimum Gasteiger partial charge on any atom is -0.444 e. The Morgan fingerprint density at radius 3 is 2.70 bits per heavy atom. The van der Waals surface area contributed by atoms with E-state index in [2.05, 4.69) is 20.6 Å². The fraction of sp³-hybridized carbons (Fsp3) is 0.200.